The number of rotatable bonds is 2. The SMILES string of the molecule is CB1OCc2cc(Oc3cc[c-]cn3)ccc21.[Re]. The predicted octanol–water partition coefficient (Wildman–Crippen LogP) is 2.03. The van der Waals surface area contributed by atoms with Crippen LogP contribution in [0.5, 0.6) is 11.6 Å². The van der Waals surface area contributed by atoms with Crippen molar-refractivity contribution >= 4 is 12.4 Å². The van der Waals surface area contributed by atoms with Crippen LogP contribution in [0.2, 0.25) is 6.82 Å². The summed E-state index contributed by atoms with van der Waals surface area (Å²) in [5.41, 5.74) is 2.43. The summed E-state index contributed by atoms with van der Waals surface area (Å²) >= 11 is 0. The third-order valence-corrected chi connectivity index (χ3v) is 2.85. The van der Waals surface area contributed by atoms with Crippen molar-refractivity contribution in [3.05, 3.63) is 48.2 Å². The van der Waals surface area contributed by atoms with E-state index < -0.39 is 0 Å². The summed E-state index contributed by atoms with van der Waals surface area (Å²) in [5, 5.41) is 0. The van der Waals surface area contributed by atoms with E-state index in [9.17, 15) is 0 Å². The van der Waals surface area contributed by atoms with E-state index in [2.05, 4.69) is 23.9 Å². The average Bonchev–Trinajstić information content (AvgIpc) is 2.72. The zero-order chi connectivity index (χ0) is 11.7. The van der Waals surface area contributed by atoms with Crippen LogP contribution in [0, 0.1) is 6.07 Å². The molecule has 0 bridgehead atoms. The van der Waals surface area contributed by atoms with E-state index in [1.807, 2.05) is 12.1 Å². The van der Waals surface area contributed by atoms with Crippen LogP contribution >= 0.6 is 0 Å². The molecule has 0 saturated carbocycles. The number of pyridine rings is 1. The second kappa shape index (κ2) is 5.66. The van der Waals surface area contributed by atoms with E-state index in [0.717, 1.165) is 5.75 Å². The van der Waals surface area contributed by atoms with Crippen LogP contribution in [0.3, 0.4) is 0 Å². The Labute approximate surface area is 120 Å². The maximum Gasteiger partial charge on any atom is 0.324 e. The van der Waals surface area contributed by atoms with Gasteiger partial charge >= 0.3 is 6.92 Å². The summed E-state index contributed by atoms with van der Waals surface area (Å²) in [5.74, 6) is 1.37. The molecule has 0 aliphatic carbocycles. The molecule has 0 unspecified atom stereocenters. The van der Waals surface area contributed by atoms with E-state index in [4.69, 9.17) is 9.39 Å². The van der Waals surface area contributed by atoms with Gasteiger partial charge in [-0.1, -0.05) is 19.1 Å². The molecule has 1 aromatic carbocycles. The topological polar surface area (TPSA) is 31.4 Å². The molecule has 1 aliphatic rings. The summed E-state index contributed by atoms with van der Waals surface area (Å²) in [6.07, 6.45) is 1.59. The van der Waals surface area contributed by atoms with E-state index in [0.29, 0.717) is 12.5 Å². The van der Waals surface area contributed by atoms with Crippen molar-refractivity contribution < 1.29 is 29.8 Å². The Morgan fingerprint density at radius 2 is 2.28 bits per heavy atom. The molecule has 0 saturated heterocycles. The first-order valence-electron chi connectivity index (χ1n) is 5.57. The van der Waals surface area contributed by atoms with E-state index in [-0.39, 0.29) is 27.3 Å². The molecule has 1 radical (unpaired) electrons. The second-order valence-corrected chi connectivity index (χ2v) is 4.01. The van der Waals surface area contributed by atoms with Gasteiger partial charge in [0, 0.05) is 20.4 Å². The molecule has 2 heterocycles. The van der Waals surface area contributed by atoms with Gasteiger partial charge in [-0.2, -0.15) is 0 Å². The first-order chi connectivity index (χ1) is 8.33. The summed E-state index contributed by atoms with van der Waals surface area (Å²) in [7, 11) is 0. The molecule has 1 aliphatic heterocycles. The van der Waals surface area contributed by atoms with Crippen LogP contribution in [0.4, 0.5) is 0 Å². The second-order valence-electron chi connectivity index (χ2n) is 4.01. The molecule has 2 aromatic rings. The van der Waals surface area contributed by atoms with Crippen LogP contribution in [0.1, 0.15) is 5.56 Å². The van der Waals surface area contributed by atoms with Gasteiger partial charge < -0.3 is 9.39 Å². The van der Waals surface area contributed by atoms with Crippen molar-refractivity contribution in [3.63, 3.8) is 0 Å². The van der Waals surface area contributed by atoms with Crippen molar-refractivity contribution in [2.24, 2.45) is 0 Å². The van der Waals surface area contributed by atoms with Crippen LogP contribution in [0.25, 0.3) is 0 Å². The molecular formula is C13H11BNO2Re-. The van der Waals surface area contributed by atoms with Crippen LogP contribution in [-0.4, -0.2) is 11.9 Å². The Balaban J connectivity index is 0.00000120. The third kappa shape index (κ3) is 2.64. The minimum atomic E-state index is 0. The number of benzene rings is 1. The van der Waals surface area contributed by atoms with Gasteiger partial charge in [0.25, 0.3) is 0 Å². The predicted molar refractivity (Wildman–Crippen MR) is 65.6 cm³/mol. The molecule has 0 N–H and O–H groups in total. The molecule has 18 heavy (non-hydrogen) atoms. The molecule has 0 atom stereocenters. The van der Waals surface area contributed by atoms with Gasteiger partial charge in [0.1, 0.15) is 11.6 Å². The van der Waals surface area contributed by atoms with Crippen molar-refractivity contribution in [1.29, 1.82) is 0 Å². The zero-order valence-corrected chi connectivity index (χ0v) is 12.6. The Kier molecular flexibility index (Phi) is 4.18. The minimum absolute atomic E-state index is 0. The molecular weight excluding hydrogens is 399 g/mol. The first kappa shape index (κ1) is 13.3. The number of fused-ring (bicyclic) bond motifs is 1. The Morgan fingerprint density at radius 1 is 1.39 bits per heavy atom. The summed E-state index contributed by atoms with van der Waals surface area (Å²) in [4.78, 5) is 4.07. The van der Waals surface area contributed by atoms with Gasteiger partial charge in [-0.15, -0.1) is 6.07 Å². The fourth-order valence-electron chi connectivity index (χ4n) is 1.96. The van der Waals surface area contributed by atoms with Gasteiger partial charge in [-0.3, -0.25) is 4.98 Å². The number of ether oxygens (including phenoxy) is 1. The van der Waals surface area contributed by atoms with Crippen LogP contribution in [0.15, 0.2) is 36.5 Å². The standard InChI is InChI=1S/C13H11BNO2.Re/c1-14-12-6-5-11(8-10(12)9-16-14)17-13-4-2-3-7-15-13;/h2,4-8H,9H2,1H3;/q-1;. The summed E-state index contributed by atoms with van der Waals surface area (Å²) in [6, 6.07) is 12.4. The molecule has 5 heteroatoms. The molecule has 0 spiro atoms. The normalized spacial score (nSPS) is 12.8. The van der Waals surface area contributed by atoms with Crippen molar-refractivity contribution in [3.8, 4) is 11.6 Å². The fraction of sp³-hybridized carbons (Fsp3) is 0.154. The average molecular weight is 410 g/mol. The van der Waals surface area contributed by atoms with Gasteiger partial charge in [-0.25, -0.2) is 12.1 Å². The van der Waals surface area contributed by atoms with Crippen molar-refractivity contribution in [1.82, 2.24) is 4.98 Å². The fourth-order valence-corrected chi connectivity index (χ4v) is 1.96. The van der Waals surface area contributed by atoms with Crippen molar-refractivity contribution in [2.75, 3.05) is 0 Å². The molecule has 0 fully saturated rings. The largest absolute Gasteiger partial charge is 0.457 e. The number of nitrogens with zero attached hydrogens (tertiary/aromatic N) is 1. The van der Waals surface area contributed by atoms with Gasteiger partial charge in [0.2, 0.25) is 0 Å². The number of aromatic nitrogens is 1. The third-order valence-electron chi connectivity index (χ3n) is 2.85. The molecule has 0 amide bonds. The van der Waals surface area contributed by atoms with E-state index >= 15 is 0 Å². The van der Waals surface area contributed by atoms with Gasteiger partial charge in [-0.05, 0) is 23.2 Å². The van der Waals surface area contributed by atoms with E-state index in [1.54, 1.807) is 18.3 Å². The quantitative estimate of drug-likeness (QED) is 0.561. The Hall–Kier alpha value is -1.14. The molecule has 91 valence electrons. The van der Waals surface area contributed by atoms with E-state index in [1.165, 1.54) is 11.0 Å². The maximum absolute atomic E-state index is 5.65. The van der Waals surface area contributed by atoms with Gasteiger partial charge in [0.15, 0.2) is 0 Å². The molecule has 3 nitrogen and oxygen atoms in total. The summed E-state index contributed by atoms with van der Waals surface area (Å²) in [6.45, 7) is 2.90. The van der Waals surface area contributed by atoms with Gasteiger partial charge in [0.05, 0.1) is 6.61 Å². The maximum atomic E-state index is 5.65. The summed E-state index contributed by atoms with van der Waals surface area (Å²) < 4.78 is 11.2. The van der Waals surface area contributed by atoms with Crippen LogP contribution in [-0.2, 0) is 31.7 Å². The zero-order valence-electron chi connectivity index (χ0n) is 9.89. The Morgan fingerprint density at radius 3 is 3.06 bits per heavy atom. The number of hydrogen-bond acceptors (Lipinski definition) is 3. The smallest absolute Gasteiger partial charge is 0.324 e. The first-order valence-corrected chi connectivity index (χ1v) is 5.57. The van der Waals surface area contributed by atoms with Crippen LogP contribution < -0.4 is 10.2 Å². The minimum Gasteiger partial charge on any atom is -0.457 e. The molecule has 3 rings (SSSR count). The monoisotopic (exact) mass is 411 g/mol. The number of hydrogen-bond donors (Lipinski definition) is 0. The Bertz CT molecular complexity index is 536. The molecule has 1 aromatic heterocycles. The van der Waals surface area contributed by atoms with Crippen molar-refractivity contribution in [2.45, 2.75) is 13.4 Å².